The maximum atomic E-state index is 13.0. The predicted molar refractivity (Wildman–Crippen MR) is 122 cm³/mol. The van der Waals surface area contributed by atoms with Crippen LogP contribution in [0.3, 0.4) is 0 Å². The maximum Gasteiger partial charge on any atom is 0.260 e. The highest BCUT2D eigenvalue weighted by molar-refractivity contribution is 7.12. The van der Waals surface area contributed by atoms with E-state index in [0.29, 0.717) is 28.0 Å². The summed E-state index contributed by atoms with van der Waals surface area (Å²) in [5, 5.41) is 10.1. The number of rotatable bonds is 6. The van der Waals surface area contributed by atoms with Crippen LogP contribution in [0, 0.1) is 13.8 Å². The summed E-state index contributed by atoms with van der Waals surface area (Å²) >= 11 is 1.46. The lowest BCUT2D eigenvalue weighted by atomic mass is 10.1. The standard InChI is InChI=1S/C23H22N4O3S/c1-14-8-10-16(11-9-14)18-13-31-23(24-18)27-20(12-15(2)26-27)25-22(28)17-6-5-7-19(29-3)21(17)30-4/h5-13H,1-4H3,(H,25,28). The number of carbonyl (C=O) groups excluding carboxylic acids is 1. The van der Waals surface area contributed by atoms with E-state index in [1.54, 1.807) is 28.9 Å². The summed E-state index contributed by atoms with van der Waals surface area (Å²) in [6.45, 7) is 3.92. The van der Waals surface area contributed by atoms with E-state index in [-0.39, 0.29) is 5.91 Å². The number of amides is 1. The molecule has 4 aromatic rings. The first-order chi connectivity index (χ1) is 15.0. The molecule has 0 aliphatic heterocycles. The molecular weight excluding hydrogens is 412 g/mol. The van der Waals surface area contributed by atoms with Crippen LogP contribution in [0.5, 0.6) is 11.5 Å². The molecule has 0 radical (unpaired) electrons. The Morgan fingerprint density at radius 3 is 2.55 bits per heavy atom. The first-order valence-corrected chi connectivity index (χ1v) is 10.5. The van der Waals surface area contributed by atoms with Gasteiger partial charge in [0.1, 0.15) is 5.82 Å². The lowest BCUT2D eigenvalue weighted by Crippen LogP contribution is -2.16. The molecule has 4 rings (SSSR count). The molecule has 0 bridgehead atoms. The average Bonchev–Trinajstić information content (AvgIpc) is 3.40. The van der Waals surface area contributed by atoms with Gasteiger partial charge in [0.15, 0.2) is 11.5 Å². The van der Waals surface area contributed by atoms with Gasteiger partial charge >= 0.3 is 0 Å². The summed E-state index contributed by atoms with van der Waals surface area (Å²) in [6.07, 6.45) is 0. The Morgan fingerprint density at radius 2 is 1.84 bits per heavy atom. The molecule has 8 heteroatoms. The van der Waals surface area contributed by atoms with E-state index in [1.807, 2.05) is 24.4 Å². The van der Waals surface area contributed by atoms with E-state index in [9.17, 15) is 4.79 Å². The normalized spacial score (nSPS) is 10.7. The largest absolute Gasteiger partial charge is 0.493 e. The number of hydrogen-bond acceptors (Lipinski definition) is 6. The number of thiazole rings is 1. The summed E-state index contributed by atoms with van der Waals surface area (Å²) in [5.41, 5.74) is 4.22. The molecule has 31 heavy (non-hydrogen) atoms. The zero-order valence-electron chi connectivity index (χ0n) is 17.7. The van der Waals surface area contributed by atoms with Gasteiger partial charge in [-0.15, -0.1) is 11.3 Å². The smallest absolute Gasteiger partial charge is 0.260 e. The van der Waals surface area contributed by atoms with E-state index in [1.165, 1.54) is 31.1 Å². The molecule has 0 saturated carbocycles. The van der Waals surface area contributed by atoms with Gasteiger partial charge in [-0.2, -0.15) is 9.78 Å². The Bertz CT molecular complexity index is 1230. The summed E-state index contributed by atoms with van der Waals surface area (Å²) in [5.74, 6) is 1.06. The van der Waals surface area contributed by atoms with Gasteiger partial charge in [0.05, 0.1) is 31.2 Å². The second-order valence-corrected chi connectivity index (χ2v) is 7.80. The van der Waals surface area contributed by atoms with Crippen molar-refractivity contribution < 1.29 is 14.3 Å². The fraction of sp³-hybridized carbons (Fsp3) is 0.174. The number of carbonyl (C=O) groups is 1. The number of para-hydroxylation sites is 1. The van der Waals surface area contributed by atoms with E-state index in [4.69, 9.17) is 14.5 Å². The molecule has 0 aliphatic carbocycles. The van der Waals surface area contributed by atoms with E-state index < -0.39 is 0 Å². The lowest BCUT2D eigenvalue weighted by molar-refractivity contribution is 0.102. The Kier molecular flexibility index (Phi) is 5.73. The zero-order chi connectivity index (χ0) is 22.0. The van der Waals surface area contributed by atoms with Gasteiger partial charge in [0, 0.05) is 17.0 Å². The van der Waals surface area contributed by atoms with Crippen LogP contribution in [0.4, 0.5) is 5.82 Å². The Balaban J connectivity index is 1.65. The van der Waals surface area contributed by atoms with E-state index in [0.717, 1.165) is 17.0 Å². The molecule has 0 saturated heterocycles. The third-order valence-electron chi connectivity index (χ3n) is 4.74. The molecule has 0 unspecified atom stereocenters. The molecule has 7 nitrogen and oxygen atoms in total. The van der Waals surface area contributed by atoms with Gasteiger partial charge in [-0.1, -0.05) is 35.9 Å². The highest BCUT2D eigenvalue weighted by Gasteiger charge is 2.20. The average molecular weight is 435 g/mol. The number of aromatic nitrogens is 3. The molecule has 2 aromatic heterocycles. The number of ether oxygens (including phenoxy) is 2. The third-order valence-corrected chi connectivity index (χ3v) is 5.56. The highest BCUT2D eigenvalue weighted by atomic mass is 32.1. The van der Waals surface area contributed by atoms with Crippen molar-refractivity contribution in [3.8, 4) is 27.9 Å². The van der Waals surface area contributed by atoms with Gasteiger partial charge in [0.2, 0.25) is 5.13 Å². The van der Waals surface area contributed by atoms with E-state index >= 15 is 0 Å². The zero-order valence-corrected chi connectivity index (χ0v) is 18.5. The number of hydrogen-bond donors (Lipinski definition) is 1. The fourth-order valence-corrected chi connectivity index (χ4v) is 4.00. The number of nitrogens with one attached hydrogen (secondary N) is 1. The van der Waals surface area contributed by atoms with Crippen molar-refractivity contribution in [2.75, 3.05) is 19.5 Å². The molecule has 2 heterocycles. The van der Waals surface area contributed by atoms with Crippen LogP contribution in [0.15, 0.2) is 53.9 Å². The van der Waals surface area contributed by atoms with Crippen LogP contribution < -0.4 is 14.8 Å². The predicted octanol–water partition coefficient (Wildman–Crippen LogP) is 4.88. The van der Waals surface area contributed by atoms with Gasteiger partial charge in [0.25, 0.3) is 5.91 Å². The van der Waals surface area contributed by atoms with Crippen LogP contribution in [0.1, 0.15) is 21.6 Å². The maximum absolute atomic E-state index is 13.0. The van der Waals surface area contributed by atoms with Gasteiger partial charge in [-0.25, -0.2) is 4.98 Å². The van der Waals surface area contributed by atoms with Crippen LogP contribution in [-0.2, 0) is 0 Å². The number of methoxy groups -OCH3 is 2. The first-order valence-electron chi connectivity index (χ1n) is 9.62. The number of aryl methyl sites for hydroxylation is 2. The number of nitrogens with zero attached hydrogens (tertiary/aromatic N) is 3. The Hall–Kier alpha value is -3.65. The lowest BCUT2D eigenvalue weighted by Gasteiger charge is -2.12. The van der Waals surface area contributed by atoms with Crippen molar-refractivity contribution in [3.63, 3.8) is 0 Å². The second kappa shape index (κ2) is 8.61. The summed E-state index contributed by atoms with van der Waals surface area (Å²) in [6, 6.07) is 15.2. The summed E-state index contributed by atoms with van der Waals surface area (Å²) in [4.78, 5) is 17.7. The molecule has 2 aromatic carbocycles. The number of anilines is 1. The van der Waals surface area contributed by atoms with Crippen molar-refractivity contribution in [2.24, 2.45) is 0 Å². The number of benzene rings is 2. The molecule has 0 aliphatic rings. The Morgan fingerprint density at radius 1 is 1.06 bits per heavy atom. The van der Waals surface area contributed by atoms with Crippen molar-refractivity contribution in [1.82, 2.24) is 14.8 Å². The van der Waals surface area contributed by atoms with Crippen molar-refractivity contribution in [1.29, 1.82) is 0 Å². The first kappa shape index (κ1) is 20.6. The molecule has 0 spiro atoms. The Labute approximate surface area is 184 Å². The second-order valence-electron chi connectivity index (χ2n) is 6.96. The highest BCUT2D eigenvalue weighted by Crippen LogP contribution is 2.32. The fourth-order valence-electron chi connectivity index (χ4n) is 3.20. The van der Waals surface area contributed by atoms with Gasteiger partial charge in [-0.3, -0.25) is 4.79 Å². The quantitative estimate of drug-likeness (QED) is 0.468. The molecule has 0 fully saturated rings. The minimum absolute atomic E-state index is 0.327. The van der Waals surface area contributed by atoms with Crippen molar-refractivity contribution >= 4 is 23.1 Å². The summed E-state index contributed by atoms with van der Waals surface area (Å²) < 4.78 is 12.3. The minimum atomic E-state index is -0.327. The van der Waals surface area contributed by atoms with Crippen LogP contribution in [0.25, 0.3) is 16.4 Å². The van der Waals surface area contributed by atoms with Crippen LogP contribution in [0.2, 0.25) is 0 Å². The molecule has 1 N–H and O–H groups in total. The van der Waals surface area contributed by atoms with Crippen LogP contribution in [-0.4, -0.2) is 34.9 Å². The molecule has 0 atom stereocenters. The van der Waals surface area contributed by atoms with Crippen molar-refractivity contribution in [2.45, 2.75) is 13.8 Å². The van der Waals surface area contributed by atoms with Crippen LogP contribution >= 0.6 is 11.3 Å². The van der Waals surface area contributed by atoms with E-state index in [2.05, 4.69) is 29.5 Å². The molecule has 158 valence electrons. The monoisotopic (exact) mass is 434 g/mol. The van der Waals surface area contributed by atoms with Crippen molar-refractivity contribution in [3.05, 3.63) is 70.7 Å². The minimum Gasteiger partial charge on any atom is -0.493 e. The van der Waals surface area contributed by atoms with Gasteiger partial charge in [-0.05, 0) is 26.0 Å². The third kappa shape index (κ3) is 4.15. The SMILES string of the molecule is COc1cccc(C(=O)Nc2cc(C)nn2-c2nc(-c3ccc(C)cc3)cs2)c1OC. The topological polar surface area (TPSA) is 78.3 Å². The molecular formula is C23H22N4O3S. The molecule has 1 amide bonds. The van der Waals surface area contributed by atoms with Gasteiger partial charge < -0.3 is 14.8 Å². The summed E-state index contributed by atoms with van der Waals surface area (Å²) in [7, 11) is 3.04.